The van der Waals surface area contributed by atoms with Crippen molar-refractivity contribution in [2.24, 2.45) is 5.73 Å². The Morgan fingerprint density at radius 1 is 1.06 bits per heavy atom. The number of carbonyl (C=O) groups excluding carboxylic acids is 1. The zero-order chi connectivity index (χ0) is 12.1. The maximum atomic E-state index is 11.0. The van der Waals surface area contributed by atoms with Crippen molar-refractivity contribution in [3.8, 4) is 0 Å². The number of rotatable bonds is 3. The van der Waals surface area contributed by atoms with Gasteiger partial charge in [0.1, 0.15) is 0 Å². The third-order valence-corrected chi connectivity index (χ3v) is 2.31. The van der Waals surface area contributed by atoms with Crippen molar-refractivity contribution in [3.05, 3.63) is 65.5 Å². The van der Waals surface area contributed by atoms with Gasteiger partial charge < -0.3 is 5.73 Å². The van der Waals surface area contributed by atoms with Crippen molar-refractivity contribution < 1.29 is 4.79 Å². The predicted molar refractivity (Wildman–Crippen MR) is 68.1 cm³/mol. The Labute approximate surface area is 99.6 Å². The first-order chi connectivity index (χ1) is 8.25. The molecule has 1 amide bonds. The molecule has 1 aromatic carbocycles. The lowest BCUT2D eigenvalue weighted by atomic mass is 10.1. The Morgan fingerprint density at radius 2 is 1.76 bits per heavy atom. The van der Waals surface area contributed by atoms with Gasteiger partial charge in [0.15, 0.2) is 0 Å². The molecule has 0 aliphatic rings. The highest BCUT2D eigenvalue weighted by Crippen LogP contribution is 2.08. The van der Waals surface area contributed by atoms with Crippen LogP contribution in [0.25, 0.3) is 12.2 Å². The summed E-state index contributed by atoms with van der Waals surface area (Å²) in [6, 6.07) is 11.6. The Bertz CT molecular complexity index is 547. The van der Waals surface area contributed by atoms with Gasteiger partial charge in [0.25, 0.3) is 0 Å². The number of nitrogens with two attached hydrogens (primary N) is 1. The van der Waals surface area contributed by atoms with Crippen molar-refractivity contribution in [2.75, 3.05) is 0 Å². The molecule has 0 aliphatic heterocycles. The van der Waals surface area contributed by atoms with Gasteiger partial charge in [0, 0.05) is 12.4 Å². The van der Waals surface area contributed by atoms with Crippen molar-refractivity contribution in [1.82, 2.24) is 4.98 Å². The van der Waals surface area contributed by atoms with Crippen LogP contribution >= 0.6 is 0 Å². The Kier molecular flexibility index (Phi) is 3.31. The van der Waals surface area contributed by atoms with Crippen LogP contribution in [0.1, 0.15) is 21.5 Å². The van der Waals surface area contributed by atoms with Crippen LogP contribution in [0.5, 0.6) is 0 Å². The second-order valence-corrected chi connectivity index (χ2v) is 3.62. The summed E-state index contributed by atoms with van der Waals surface area (Å²) in [5.41, 5.74) is 7.55. The highest BCUT2D eigenvalue weighted by atomic mass is 16.1. The Balaban J connectivity index is 2.22. The predicted octanol–water partition coefficient (Wildman–Crippen LogP) is 2.35. The van der Waals surface area contributed by atoms with Crippen LogP contribution in [0.4, 0.5) is 0 Å². The Morgan fingerprint density at radius 3 is 2.47 bits per heavy atom. The summed E-state index contributed by atoms with van der Waals surface area (Å²) < 4.78 is 0. The monoisotopic (exact) mass is 224 g/mol. The molecule has 0 unspecified atom stereocenters. The molecule has 1 aromatic heterocycles. The summed E-state index contributed by atoms with van der Waals surface area (Å²) >= 11 is 0. The summed E-state index contributed by atoms with van der Waals surface area (Å²) in [5.74, 6) is -0.465. The van der Waals surface area contributed by atoms with Crippen LogP contribution in [0.3, 0.4) is 0 Å². The second kappa shape index (κ2) is 5.07. The molecule has 0 saturated carbocycles. The highest BCUT2D eigenvalue weighted by molar-refractivity contribution is 5.93. The highest BCUT2D eigenvalue weighted by Gasteiger charge is 1.99. The van der Waals surface area contributed by atoms with Crippen LogP contribution in [0.2, 0.25) is 0 Å². The second-order valence-electron chi connectivity index (χ2n) is 3.62. The van der Waals surface area contributed by atoms with Gasteiger partial charge in [-0.2, -0.15) is 0 Å². The van der Waals surface area contributed by atoms with E-state index in [9.17, 15) is 4.79 Å². The molecule has 1 heterocycles. The summed E-state index contributed by atoms with van der Waals surface area (Å²) in [6.45, 7) is 0. The van der Waals surface area contributed by atoms with Gasteiger partial charge in [0.2, 0.25) is 5.91 Å². The number of amides is 1. The quantitative estimate of drug-likeness (QED) is 0.870. The number of benzene rings is 1. The molecule has 84 valence electrons. The van der Waals surface area contributed by atoms with Gasteiger partial charge in [0.05, 0.1) is 5.56 Å². The molecule has 0 bridgehead atoms. The fourth-order valence-corrected chi connectivity index (χ4v) is 1.44. The average Bonchev–Trinajstić information content (AvgIpc) is 2.38. The minimum absolute atomic E-state index is 0.417. The SMILES string of the molecule is NC(=O)c1cncc(/C=C/c2ccccc2)c1. The minimum Gasteiger partial charge on any atom is -0.366 e. The number of primary amides is 1. The van der Waals surface area contributed by atoms with Crippen molar-refractivity contribution >= 4 is 18.1 Å². The fraction of sp³-hybridized carbons (Fsp3) is 0. The van der Waals surface area contributed by atoms with E-state index >= 15 is 0 Å². The molecule has 0 saturated heterocycles. The van der Waals surface area contributed by atoms with E-state index in [1.807, 2.05) is 42.5 Å². The van der Waals surface area contributed by atoms with E-state index in [1.54, 1.807) is 12.3 Å². The molecule has 3 heteroatoms. The first-order valence-electron chi connectivity index (χ1n) is 5.24. The van der Waals surface area contributed by atoms with Crippen LogP contribution in [-0.4, -0.2) is 10.9 Å². The third-order valence-electron chi connectivity index (χ3n) is 2.31. The average molecular weight is 224 g/mol. The van der Waals surface area contributed by atoms with Crippen LogP contribution in [0.15, 0.2) is 48.8 Å². The van der Waals surface area contributed by atoms with Crippen LogP contribution in [0, 0.1) is 0 Å². The van der Waals surface area contributed by atoms with Gasteiger partial charge in [-0.15, -0.1) is 0 Å². The van der Waals surface area contributed by atoms with Gasteiger partial charge in [-0.25, -0.2) is 0 Å². The largest absolute Gasteiger partial charge is 0.366 e. The number of pyridine rings is 1. The van der Waals surface area contributed by atoms with E-state index in [2.05, 4.69) is 4.98 Å². The van der Waals surface area contributed by atoms with Crippen molar-refractivity contribution in [3.63, 3.8) is 0 Å². The summed E-state index contributed by atoms with van der Waals surface area (Å²) in [4.78, 5) is 15.0. The first kappa shape index (κ1) is 11.1. The van der Waals surface area contributed by atoms with E-state index in [1.165, 1.54) is 6.20 Å². The number of aromatic nitrogens is 1. The van der Waals surface area contributed by atoms with Gasteiger partial charge >= 0.3 is 0 Å². The maximum Gasteiger partial charge on any atom is 0.250 e. The summed E-state index contributed by atoms with van der Waals surface area (Å²) in [7, 11) is 0. The topological polar surface area (TPSA) is 56.0 Å². The van der Waals surface area contributed by atoms with Crippen molar-refractivity contribution in [2.45, 2.75) is 0 Å². The number of hydrogen-bond donors (Lipinski definition) is 1. The van der Waals surface area contributed by atoms with Crippen LogP contribution in [-0.2, 0) is 0 Å². The molecule has 0 fully saturated rings. The molecule has 0 aliphatic carbocycles. The van der Waals surface area contributed by atoms with Crippen molar-refractivity contribution in [1.29, 1.82) is 0 Å². The van der Waals surface area contributed by atoms with E-state index in [4.69, 9.17) is 5.73 Å². The van der Waals surface area contributed by atoms with E-state index < -0.39 is 5.91 Å². The third kappa shape index (κ3) is 3.01. The van der Waals surface area contributed by atoms with E-state index in [0.717, 1.165) is 11.1 Å². The number of hydrogen-bond acceptors (Lipinski definition) is 2. The zero-order valence-corrected chi connectivity index (χ0v) is 9.21. The molecular formula is C14H12N2O. The first-order valence-corrected chi connectivity index (χ1v) is 5.24. The molecule has 0 atom stereocenters. The van der Waals surface area contributed by atoms with E-state index in [0.29, 0.717) is 5.56 Å². The lowest BCUT2D eigenvalue weighted by Gasteiger charge is -1.97. The molecule has 17 heavy (non-hydrogen) atoms. The minimum atomic E-state index is -0.465. The van der Waals surface area contributed by atoms with Gasteiger partial charge in [-0.3, -0.25) is 9.78 Å². The lowest BCUT2D eigenvalue weighted by molar-refractivity contribution is 0.1000. The molecule has 0 radical (unpaired) electrons. The molecule has 2 rings (SSSR count). The molecule has 2 aromatic rings. The summed E-state index contributed by atoms with van der Waals surface area (Å²) in [6.07, 6.45) is 7.00. The Hall–Kier alpha value is -2.42. The smallest absolute Gasteiger partial charge is 0.250 e. The fourth-order valence-electron chi connectivity index (χ4n) is 1.44. The maximum absolute atomic E-state index is 11.0. The molecule has 0 spiro atoms. The zero-order valence-electron chi connectivity index (χ0n) is 9.21. The van der Waals surface area contributed by atoms with Gasteiger partial charge in [-0.1, -0.05) is 42.5 Å². The lowest BCUT2D eigenvalue weighted by Crippen LogP contribution is -2.11. The van der Waals surface area contributed by atoms with Crippen LogP contribution < -0.4 is 5.73 Å². The standard InChI is InChI=1S/C14H12N2O/c15-14(17)13-8-12(9-16-10-13)7-6-11-4-2-1-3-5-11/h1-10H,(H2,15,17)/b7-6+. The number of nitrogens with zero attached hydrogens (tertiary/aromatic N) is 1. The molecule has 2 N–H and O–H groups in total. The number of carbonyl (C=O) groups is 1. The molecule has 3 nitrogen and oxygen atoms in total. The normalized spacial score (nSPS) is 10.6. The molecular weight excluding hydrogens is 212 g/mol. The van der Waals surface area contributed by atoms with Gasteiger partial charge in [-0.05, 0) is 17.2 Å². The van der Waals surface area contributed by atoms with E-state index in [-0.39, 0.29) is 0 Å². The summed E-state index contributed by atoms with van der Waals surface area (Å²) in [5, 5.41) is 0.